The standard InChI is InChI=1S/C21H29N3O5S/c1-15-9-11-24(12-10-15)20(27)16-3-5-17(6-4-16)22-21(30)23-18(25)7-8-19(26)29-14-13-28-2/h3-6,15H,7-14H2,1-2H3,(H2,22,23,25,30). The quantitative estimate of drug-likeness (QED) is 0.367. The molecular formula is C21H29N3O5S. The summed E-state index contributed by atoms with van der Waals surface area (Å²) in [7, 11) is 1.51. The summed E-state index contributed by atoms with van der Waals surface area (Å²) in [5.74, 6) is -0.160. The van der Waals surface area contributed by atoms with E-state index in [1.807, 2.05) is 4.90 Å². The third-order valence-corrected chi connectivity index (χ3v) is 5.02. The summed E-state index contributed by atoms with van der Waals surface area (Å²) in [6.07, 6.45) is 1.99. The van der Waals surface area contributed by atoms with Crippen LogP contribution in [-0.4, -0.2) is 61.2 Å². The van der Waals surface area contributed by atoms with Crippen LogP contribution in [0.15, 0.2) is 24.3 Å². The molecule has 2 amide bonds. The molecule has 1 aromatic rings. The zero-order valence-electron chi connectivity index (χ0n) is 17.4. The van der Waals surface area contributed by atoms with Gasteiger partial charge in [-0.2, -0.15) is 0 Å². The van der Waals surface area contributed by atoms with Gasteiger partial charge in [-0.05, 0) is 55.2 Å². The second-order valence-electron chi connectivity index (χ2n) is 7.27. The van der Waals surface area contributed by atoms with Crippen LogP contribution >= 0.6 is 12.2 Å². The molecule has 2 N–H and O–H groups in total. The molecular weight excluding hydrogens is 406 g/mol. The molecule has 1 fully saturated rings. The number of nitrogens with zero attached hydrogens (tertiary/aromatic N) is 1. The minimum absolute atomic E-state index is 0.0294. The summed E-state index contributed by atoms with van der Waals surface area (Å²) in [6.45, 7) is 4.25. The zero-order valence-corrected chi connectivity index (χ0v) is 18.3. The first-order valence-corrected chi connectivity index (χ1v) is 10.4. The van der Waals surface area contributed by atoms with Gasteiger partial charge in [0.2, 0.25) is 5.91 Å². The lowest BCUT2D eigenvalue weighted by Gasteiger charge is -2.30. The Balaban J connectivity index is 1.74. The van der Waals surface area contributed by atoms with Crippen molar-refractivity contribution in [2.45, 2.75) is 32.6 Å². The lowest BCUT2D eigenvalue weighted by atomic mass is 9.98. The van der Waals surface area contributed by atoms with E-state index in [0.717, 1.165) is 25.9 Å². The Hall–Kier alpha value is -2.52. The van der Waals surface area contributed by atoms with Crippen molar-refractivity contribution < 1.29 is 23.9 Å². The maximum Gasteiger partial charge on any atom is 0.306 e. The predicted octanol–water partition coefficient (Wildman–Crippen LogP) is 2.34. The number of likely N-dealkylation sites (tertiary alicyclic amines) is 1. The molecule has 8 nitrogen and oxygen atoms in total. The van der Waals surface area contributed by atoms with E-state index >= 15 is 0 Å². The van der Waals surface area contributed by atoms with Gasteiger partial charge in [0.05, 0.1) is 13.0 Å². The number of methoxy groups -OCH3 is 1. The molecule has 30 heavy (non-hydrogen) atoms. The van der Waals surface area contributed by atoms with E-state index in [4.69, 9.17) is 21.7 Å². The highest BCUT2D eigenvalue weighted by Gasteiger charge is 2.21. The number of thiocarbonyl (C=S) groups is 1. The number of ether oxygens (including phenoxy) is 2. The number of hydrogen-bond donors (Lipinski definition) is 2. The Morgan fingerprint density at radius 3 is 2.40 bits per heavy atom. The zero-order chi connectivity index (χ0) is 21.9. The fourth-order valence-electron chi connectivity index (χ4n) is 2.97. The van der Waals surface area contributed by atoms with Crippen LogP contribution in [0, 0.1) is 5.92 Å². The fourth-order valence-corrected chi connectivity index (χ4v) is 3.20. The molecule has 1 saturated heterocycles. The molecule has 2 rings (SSSR count). The van der Waals surface area contributed by atoms with Gasteiger partial charge in [0.15, 0.2) is 5.11 Å². The number of hydrogen-bond acceptors (Lipinski definition) is 6. The summed E-state index contributed by atoms with van der Waals surface area (Å²) in [5, 5.41) is 5.54. The molecule has 0 saturated carbocycles. The van der Waals surface area contributed by atoms with Crippen LogP contribution in [0.25, 0.3) is 0 Å². The molecule has 9 heteroatoms. The maximum atomic E-state index is 12.6. The van der Waals surface area contributed by atoms with E-state index in [1.165, 1.54) is 7.11 Å². The molecule has 0 spiro atoms. The highest BCUT2D eigenvalue weighted by molar-refractivity contribution is 7.80. The van der Waals surface area contributed by atoms with Gasteiger partial charge in [0.25, 0.3) is 5.91 Å². The molecule has 1 aliphatic heterocycles. The van der Waals surface area contributed by atoms with Gasteiger partial charge in [-0.3, -0.25) is 14.4 Å². The van der Waals surface area contributed by atoms with Crippen molar-refractivity contribution in [3.05, 3.63) is 29.8 Å². The third kappa shape index (κ3) is 8.08. The molecule has 0 bridgehead atoms. The van der Waals surface area contributed by atoms with Crippen molar-refractivity contribution in [1.82, 2.24) is 10.2 Å². The number of carbonyl (C=O) groups excluding carboxylic acids is 3. The second-order valence-corrected chi connectivity index (χ2v) is 7.68. The molecule has 0 unspecified atom stereocenters. The Morgan fingerprint density at radius 2 is 1.77 bits per heavy atom. The van der Waals surface area contributed by atoms with Gasteiger partial charge >= 0.3 is 5.97 Å². The van der Waals surface area contributed by atoms with Crippen molar-refractivity contribution in [3.63, 3.8) is 0 Å². The largest absolute Gasteiger partial charge is 0.463 e. The van der Waals surface area contributed by atoms with Gasteiger partial charge in [0, 0.05) is 37.9 Å². The Morgan fingerprint density at radius 1 is 1.10 bits per heavy atom. The Kier molecular flexibility index (Phi) is 9.69. The first-order valence-electron chi connectivity index (χ1n) is 10.0. The van der Waals surface area contributed by atoms with E-state index in [0.29, 0.717) is 23.8 Å². The average molecular weight is 436 g/mol. The normalized spacial score (nSPS) is 14.1. The third-order valence-electron chi connectivity index (χ3n) is 4.82. The van der Waals surface area contributed by atoms with E-state index in [9.17, 15) is 14.4 Å². The lowest BCUT2D eigenvalue weighted by molar-refractivity contribution is -0.146. The number of esters is 1. The topological polar surface area (TPSA) is 97.0 Å². The Labute approximate surface area is 182 Å². The van der Waals surface area contributed by atoms with Crippen molar-refractivity contribution >= 4 is 40.8 Å². The van der Waals surface area contributed by atoms with Crippen LogP contribution in [-0.2, 0) is 19.1 Å². The maximum absolute atomic E-state index is 12.6. The van der Waals surface area contributed by atoms with Crippen molar-refractivity contribution in [1.29, 1.82) is 0 Å². The molecule has 1 heterocycles. The smallest absolute Gasteiger partial charge is 0.306 e. The number of benzene rings is 1. The van der Waals surface area contributed by atoms with Crippen LogP contribution in [0.4, 0.5) is 5.69 Å². The van der Waals surface area contributed by atoms with Crippen LogP contribution in [0.2, 0.25) is 0 Å². The number of anilines is 1. The molecule has 0 atom stereocenters. The summed E-state index contributed by atoms with van der Waals surface area (Å²) in [4.78, 5) is 37.8. The summed E-state index contributed by atoms with van der Waals surface area (Å²) in [5.41, 5.74) is 1.28. The molecule has 1 aliphatic rings. The van der Waals surface area contributed by atoms with Crippen LogP contribution in [0.5, 0.6) is 0 Å². The summed E-state index contributed by atoms with van der Waals surface area (Å²) in [6, 6.07) is 6.96. The van der Waals surface area contributed by atoms with Gasteiger partial charge in [-0.25, -0.2) is 0 Å². The van der Waals surface area contributed by atoms with Crippen LogP contribution < -0.4 is 10.6 Å². The first-order chi connectivity index (χ1) is 14.4. The number of nitrogens with one attached hydrogen (secondary N) is 2. The van der Waals surface area contributed by atoms with Gasteiger partial charge in [0.1, 0.15) is 6.61 Å². The van der Waals surface area contributed by atoms with Gasteiger partial charge < -0.3 is 25.0 Å². The first kappa shape index (κ1) is 23.8. The highest BCUT2D eigenvalue weighted by Crippen LogP contribution is 2.19. The van der Waals surface area contributed by atoms with E-state index < -0.39 is 5.97 Å². The van der Waals surface area contributed by atoms with E-state index in [1.54, 1.807) is 24.3 Å². The monoisotopic (exact) mass is 435 g/mol. The van der Waals surface area contributed by atoms with Crippen molar-refractivity contribution in [2.75, 3.05) is 38.7 Å². The van der Waals surface area contributed by atoms with Crippen molar-refractivity contribution in [2.24, 2.45) is 5.92 Å². The van der Waals surface area contributed by atoms with Gasteiger partial charge in [-0.15, -0.1) is 0 Å². The van der Waals surface area contributed by atoms with E-state index in [2.05, 4.69) is 17.6 Å². The summed E-state index contributed by atoms with van der Waals surface area (Å²) < 4.78 is 9.67. The highest BCUT2D eigenvalue weighted by atomic mass is 32.1. The number of amides is 2. The van der Waals surface area contributed by atoms with Crippen molar-refractivity contribution in [3.8, 4) is 0 Å². The van der Waals surface area contributed by atoms with E-state index in [-0.39, 0.29) is 36.4 Å². The molecule has 0 aromatic heterocycles. The minimum atomic E-state index is -0.468. The Bertz CT molecular complexity index is 746. The minimum Gasteiger partial charge on any atom is -0.463 e. The fraction of sp³-hybridized carbons (Fsp3) is 0.524. The number of rotatable bonds is 8. The average Bonchev–Trinajstić information content (AvgIpc) is 2.73. The molecule has 164 valence electrons. The number of piperidine rings is 1. The van der Waals surface area contributed by atoms with Crippen LogP contribution in [0.1, 0.15) is 43.0 Å². The van der Waals surface area contributed by atoms with Gasteiger partial charge in [-0.1, -0.05) is 6.92 Å². The predicted molar refractivity (Wildman–Crippen MR) is 117 cm³/mol. The molecule has 0 radical (unpaired) electrons. The SMILES string of the molecule is COCCOC(=O)CCC(=O)NC(=S)Nc1ccc(C(=O)N2CCC(C)CC2)cc1. The molecule has 0 aliphatic carbocycles. The van der Waals surface area contributed by atoms with Crippen LogP contribution in [0.3, 0.4) is 0 Å². The second kappa shape index (κ2) is 12.2. The number of carbonyl (C=O) groups is 3. The molecule has 1 aromatic carbocycles. The summed E-state index contributed by atoms with van der Waals surface area (Å²) >= 11 is 5.12. The lowest BCUT2D eigenvalue weighted by Crippen LogP contribution is -2.37.